The van der Waals surface area contributed by atoms with Crippen LogP contribution < -0.4 is 5.32 Å². The number of nitrogens with zero attached hydrogens (tertiary/aromatic N) is 2. The zero-order valence-electron chi connectivity index (χ0n) is 15.4. The van der Waals surface area contributed by atoms with Gasteiger partial charge in [-0.1, -0.05) is 18.2 Å². The number of hydrogen-bond donors (Lipinski definition) is 2. The minimum absolute atomic E-state index is 0.220. The highest BCUT2D eigenvalue weighted by atomic mass is 32.1. The number of amides is 2. The molecule has 4 heterocycles. The van der Waals surface area contributed by atoms with E-state index in [9.17, 15) is 9.59 Å². The maximum absolute atomic E-state index is 12.8. The molecular weight excluding hydrogens is 388 g/mol. The summed E-state index contributed by atoms with van der Waals surface area (Å²) >= 11 is 1.37. The van der Waals surface area contributed by atoms with Crippen molar-refractivity contribution in [2.45, 2.75) is 18.9 Å². The maximum Gasteiger partial charge on any atom is 0.290 e. The van der Waals surface area contributed by atoms with Crippen molar-refractivity contribution in [3.05, 3.63) is 60.0 Å². The molecule has 8 heteroatoms. The van der Waals surface area contributed by atoms with E-state index in [1.165, 1.54) is 17.6 Å². The number of rotatable bonds is 4. The number of furan rings is 1. The van der Waals surface area contributed by atoms with Crippen molar-refractivity contribution in [3.63, 3.8) is 0 Å². The molecule has 0 unspecified atom stereocenters. The standard InChI is InChI=1S/C21H18N4O3S/c26-19(17-7-3-9-25(17)20(27)18-8-4-10-28-18)24-21-23-16(12-29-21)14-11-22-15-6-2-1-5-13(14)15/h1-2,4-6,8,10-12,17,22H,3,7,9H2,(H,23,24,26)/t17-/m0/s1. The maximum atomic E-state index is 12.8. The molecule has 0 bridgehead atoms. The molecule has 1 aliphatic rings. The van der Waals surface area contributed by atoms with E-state index >= 15 is 0 Å². The number of fused-ring (bicyclic) bond motifs is 1. The second kappa shape index (κ2) is 7.21. The molecule has 4 aromatic rings. The van der Waals surface area contributed by atoms with Crippen molar-refractivity contribution in [2.75, 3.05) is 11.9 Å². The first-order valence-corrected chi connectivity index (χ1v) is 10.3. The summed E-state index contributed by atoms with van der Waals surface area (Å²) in [6.45, 7) is 0.538. The molecule has 5 rings (SSSR count). The van der Waals surface area contributed by atoms with Crippen molar-refractivity contribution in [3.8, 4) is 11.3 Å². The fourth-order valence-corrected chi connectivity index (χ4v) is 4.46. The number of anilines is 1. The first-order valence-electron chi connectivity index (χ1n) is 9.38. The van der Waals surface area contributed by atoms with Gasteiger partial charge in [0.25, 0.3) is 5.91 Å². The van der Waals surface area contributed by atoms with E-state index in [0.29, 0.717) is 18.1 Å². The zero-order chi connectivity index (χ0) is 19.8. The summed E-state index contributed by atoms with van der Waals surface area (Å²) in [5.74, 6) is -0.228. The van der Waals surface area contributed by atoms with E-state index < -0.39 is 6.04 Å². The van der Waals surface area contributed by atoms with Crippen LogP contribution in [0.2, 0.25) is 0 Å². The van der Waals surface area contributed by atoms with Gasteiger partial charge in [0.2, 0.25) is 5.91 Å². The van der Waals surface area contributed by atoms with Crippen LogP contribution in [0.15, 0.2) is 58.7 Å². The zero-order valence-corrected chi connectivity index (χ0v) is 16.2. The Balaban J connectivity index is 1.33. The summed E-state index contributed by atoms with van der Waals surface area (Å²) < 4.78 is 5.20. The van der Waals surface area contributed by atoms with E-state index in [1.807, 2.05) is 35.8 Å². The third-order valence-corrected chi connectivity index (χ3v) is 5.91. The second-order valence-electron chi connectivity index (χ2n) is 6.91. The van der Waals surface area contributed by atoms with Gasteiger partial charge in [-0.2, -0.15) is 0 Å². The number of para-hydroxylation sites is 1. The summed E-state index contributed by atoms with van der Waals surface area (Å²) in [5, 5.41) is 6.41. The molecule has 2 amide bonds. The monoisotopic (exact) mass is 406 g/mol. The quantitative estimate of drug-likeness (QED) is 0.533. The third-order valence-electron chi connectivity index (χ3n) is 5.15. The molecule has 0 aliphatic carbocycles. The van der Waals surface area contributed by atoms with Gasteiger partial charge in [-0.15, -0.1) is 11.3 Å². The number of thiazole rings is 1. The first kappa shape index (κ1) is 17.7. The van der Waals surface area contributed by atoms with Gasteiger partial charge in [-0.3, -0.25) is 9.59 Å². The van der Waals surface area contributed by atoms with Crippen LogP contribution in [-0.4, -0.2) is 39.3 Å². The number of benzene rings is 1. The van der Waals surface area contributed by atoms with Gasteiger partial charge in [-0.25, -0.2) is 4.98 Å². The van der Waals surface area contributed by atoms with Gasteiger partial charge in [-0.05, 0) is 31.0 Å². The second-order valence-corrected chi connectivity index (χ2v) is 7.77. The molecule has 2 N–H and O–H groups in total. The van der Waals surface area contributed by atoms with Crippen LogP contribution in [0.3, 0.4) is 0 Å². The first-order chi connectivity index (χ1) is 14.2. The molecule has 0 radical (unpaired) electrons. The van der Waals surface area contributed by atoms with E-state index in [4.69, 9.17) is 4.42 Å². The molecule has 1 atom stereocenters. The number of aromatic nitrogens is 2. The van der Waals surface area contributed by atoms with Gasteiger partial charge in [0, 0.05) is 34.6 Å². The van der Waals surface area contributed by atoms with E-state index in [-0.39, 0.29) is 17.6 Å². The molecule has 3 aromatic heterocycles. The minimum atomic E-state index is -0.520. The predicted molar refractivity (Wildman–Crippen MR) is 111 cm³/mol. The third kappa shape index (κ3) is 3.21. The number of nitrogens with one attached hydrogen (secondary N) is 2. The Morgan fingerprint density at radius 3 is 3.00 bits per heavy atom. The Morgan fingerprint density at radius 1 is 1.24 bits per heavy atom. The van der Waals surface area contributed by atoms with Crippen molar-refractivity contribution in [1.82, 2.24) is 14.9 Å². The molecule has 1 fully saturated rings. The molecular formula is C21H18N4O3S. The van der Waals surface area contributed by atoms with Crippen molar-refractivity contribution in [1.29, 1.82) is 0 Å². The van der Waals surface area contributed by atoms with Gasteiger partial charge in [0.05, 0.1) is 12.0 Å². The van der Waals surface area contributed by atoms with Gasteiger partial charge >= 0.3 is 0 Å². The molecule has 0 saturated carbocycles. The Hall–Kier alpha value is -3.39. The number of aromatic amines is 1. The Kier molecular flexibility index (Phi) is 4.40. The molecule has 0 spiro atoms. The van der Waals surface area contributed by atoms with Gasteiger partial charge < -0.3 is 19.6 Å². The summed E-state index contributed by atoms with van der Waals surface area (Å²) in [6.07, 6.45) is 4.79. The van der Waals surface area contributed by atoms with Gasteiger partial charge in [0.15, 0.2) is 10.9 Å². The fraction of sp³-hybridized carbons (Fsp3) is 0.190. The van der Waals surface area contributed by atoms with E-state index in [0.717, 1.165) is 28.6 Å². The lowest BCUT2D eigenvalue weighted by Crippen LogP contribution is -2.43. The van der Waals surface area contributed by atoms with Crippen LogP contribution in [0.1, 0.15) is 23.4 Å². The van der Waals surface area contributed by atoms with Crippen molar-refractivity contribution >= 4 is 39.2 Å². The largest absolute Gasteiger partial charge is 0.459 e. The summed E-state index contributed by atoms with van der Waals surface area (Å²) in [4.78, 5) is 34.8. The minimum Gasteiger partial charge on any atom is -0.459 e. The molecule has 1 saturated heterocycles. The molecule has 1 aliphatic heterocycles. The predicted octanol–water partition coefficient (Wildman–Crippen LogP) is 4.13. The van der Waals surface area contributed by atoms with Crippen LogP contribution in [0.5, 0.6) is 0 Å². The lowest BCUT2D eigenvalue weighted by atomic mass is 10.1. The van der Waals surface area contributed by atoms with Crippen LogP contribution >= 0.6 is 11.3 Å². The highest BCUT2D eigenvalue weighted by Gasteiger charge is 2.35. The SMILES string of the molecule is O=C(Nc1nc(-c2c[nH]c3ccccc23)cs1)[C@@H]1CCCN1C(=O)c1ccco1. The van der Waals surface area contributed by atoms with Crippen LogP contribution in [0, 0.1) is 0 Å². The van der Waals surface area contributed by atoms with Crippen LogP contribution in [0.25, 0.3) is 22.2 Å². The Labute approximate surface area is 170 Å². The smallest absolute Gasteiger partial charge is 0.290 e. The number of carbonyl (C=O) groups is 2. The highest BCUT2D eigenvalue weighted by Crippen LogP contribution is 2.31. The topological polar surface area (TPSA) is 91.2 Å². The summed E-state index contributed by atoms with van der Waals surface area (Å²) in [6, 6.07) is 10.8. The molecule has 1 aromatic carbocycles. The Morgan fingerprint density at radius 2 is 2.14 bits per heavy atom. The van der Waals surface area contributed by atoms with Gasteiger partial charge in [0.1, 0.15) is 6.04 Å². The van der Waals surface area contributed by atoms with Crippen LogP contribution in [-0.2, 0) is 4.79 Å². The fourth-order valence-electron chi connectivity index (χ4n) is 3.75. The molecule has 146 valence electrons. The lowest BCUT2D eigenvalue weighted by molar-refractivity contribution is -0.119. The average molecular weight is 406 g/mol. The molecule has 29 heavy (non-hydrogen) atoms. The number of H-pyrrole nitrogens is 1. The Bertz CT molecular complexity index is 1180. The van der Waals surface area contributed by atoms with Crippen molar-refractivity contribution < 1.29 is 14.0 Å². The van der Waals surface area contributed by atoms with E-state index in [1.54, 1.807) is 17.0 Å². The number of carbonyl (C=O) groups excluding carboxylic acids is 2. The highest BCUT2D eigenvalue weighted by molar-refractivity contribution is 7.14. The summed E-state index contributed by atoms with van der Waals surface area (Å²) in [7, 11) is 0. The summed E-state index contributed by atoms with van der Waals surface area (Å²) in [5.41, 5.74) is 2.84. The number of hydrogen-bond acceptors (Lipinski definition) is 5. The lowest BCUT2D eigenvalue weighted by Gasteiger charge is -2.22. The molecule has 7 nitrogen and oxygen atoms in total. The van der Waals surface area contributed by atoms with Crippen LogP contribution in [0.4, 0.5) is 5.13 Å². The normalized spacial score (nSPS) is 16.4. The number of likely N-dealkylation sites (tertiary alicyclic amines) is 1. The van der Waals surface area contributed by atoms with Crippen molar-refractivity contribution in [2.24, 2.45) is 0 Å². The van der Waals surface area contributed by atoms with E-state index in [2.05, 4.69) is 15.3 Å². The average Bonchev–Trinajstić information content (AvgIpc) is 3.53.